The van der Waals surface area contributed by atoms with Gasteiger partial charge in [-0.05, 0) is 19.1 Å². The van der Waals surface area contributed by atoms with Crippen molar-refractivity contribution in [2.24, 2.45) is 0 Å². The zero-order valence-electron chi connectivity index (χ0n) is 21.2. The summed E-state index contributed by atoms with van der Waals surface area (Å²) < 4.78 is 29.7. The van der Waals surface area contributed by atoms with Gasteiger partial charge < -0.3 is 33.7 Å². The first-order chi connectivity index (χ1) is 18.1. The van der Waals surface area contributed by atoms with Crippen molar-refractivity contribution in [3.8, 4) is 0 Å². The molecule has 1 aliphatic heterocycles. The lowest BCUT2D eigenvalue weighted by Gasteiger charge is -2.44. The number of esters is 3. The summed E-state index contributed by atoms with van der Waals surface area (Å²) in [6.07, 6.45) is -8.13. The third-order valence-electron chi connectivity index (χ3n) is 4.87. The maximum atomic E-state index is 12.7. The number of hydrogen-bond acceptors (Lipinski definition) is 11. The van der Waals surface area contributed by atoms with Crippen LogP contribution in [0.4, 0.5) is 15.3 Å². The predicted molar refractivity (Wildman–Crippen MR) is 136 cm³/mol. The first-order valence-electron chi connectivity index (χ1n) is 11.3. The van der Waals surface area contributed by atoms with Crippen molar-refractivity contribution in [3.63, 3.8) is 0 Å². The van der Waals surface area contributed by atoms with Crippen LogP contribution in [0.15, 0.2) is 24.3 Å². The van der Waals surface area contributed by atoms with Gasteiger partial charge in [0.15, 0.2) is 12.2 Å². The number of benzene rings is 1. The van der Waals surface area contributed by atoms with Crippen LogP contribution < -0.4 is 10.6 Å². The van der Waals surface area contributed by atoms with Gasteiger partial charge in [-0.2, -0.15) is 0 Å². The van der Waals surface area contributed by atoms with Gasteiger partial charge >= 0.3 is 30.1 Å². The second-order valence-electron chi connectivity index (χ2n) is 8.25. The van der Waals surface area contributed by atoms with Gasteiger partial charge in [-0.15, -0.1) is 0 Å². The Hall–Kier alpha value is -3.00. The number of halogens is 3. The lowest BCUT2D eigenvalue weighted by Crippen LogP contribution is -2.67. The first-order valence-corrected chi connectivity index (χ1v) is 12.5. The smallest absolute Gasteiger partial charge is 0.414 e. The lowest BCUT2D eigenvalue weighted by atomic mass is 9.96. The number of amides is 2. The van der Waals surface area contributed by atoms with E-state index in [0.29, 0.717) is 5.69 Å². The summed E-state index contributed by atoms with van der Waals surface area (Å²) in [6, 6.07) is 5.20. The highest BCUT2D eigenvalue weighted by atomic mass is 35.6. The number of aryl methyl sites for hydroxylation is 1. The monoisotopic (exact) mass is 612 g/mol. The molecule has 1 aromatic rings. The molecular weight excluding hydrogens is 587 g/mol. The minimum Gasteiger partial charge on any atom is -0.463 e. The Morgan fingerprint density at radius 1 is 0.846 bits per heavy atom. The van der Waals surface area contributed by atoms with E-state index in [1.807, 2.05) is 6.92 Å². The zero-order valence-corrected chi connectivity index (χ0v) is 23.5. The highest BCUT2D eigenvalue weighted by Crippen LogP contribution is 2.29. The molecule has 0 aromatic heterocycles. The number of nitrogens with one attached hydrogen (secondary N) is 2. The molecule has 0 bridgehead atoms. The Morgan fingerprint density at radius 3 is 1.97 bits per heavy atom. The summed E-state index contributed by atoms with van der Waals surface area (Å²) in [5.74, 6) is -2.37. The van der Waals surface area contributed by atoms with Gasteiger partial charge in [-0.1, -0.05) is 52.5 Å². The van der Waals surface area contributed by atoms with Crippen molar-refractivity contribution in [1.82, 2.24) is 5.32 Å². The van der Waals surface area contributed by atoms with Crippen LogP contribution in [0.5, 0.6) is 0 Å². The molecule has 216 valence electrons. The summed E-state index contributed by atoms with van der Waals surface area (Å²) in [6.45, 7) is 3.95. The Kier molecular flexibility index (Phi) is 11.9. The maximum absolute atomic E-state index is 12.7. The van der Waals surface area contributed by atoms with Crippen LogP contribution in [0, 0.1) is 6.92 Å². The lowest BCUT2D eigenvalue weighted by molar-refractivity contribution is -0.262. The molecule has 39 heavy (non-hydrogen) atoms. The Morgan fingerprint density at radius 2 is 1.44 bits per heavy atom. The number of alkyl halides is 3. The molecular formula is C23H27Cl3N2O11. The molecule has 13 nitrogen and oxygen atoms in total. The highest BCUT2D eigenvalue weighted by molar-refractivity contribution is 6.67. The topological polar surface area (TPSA) is 165 Å². The number of carbonyl (C=O) groups is 5. The first kappa shape index (κ1) is 32.2. The van der Waals surface area contributed by atoms with E-state index in [9.17, 15) is 24.0 Å². The Labute approximate surface area is 238 Å². The van der Waals surface area contributed by atoms with Gasteiger partial charge in [0.05, 0.1) is 0 Å². The molecule has 0 radical (unpaired) electrons. The maximum Gasteiger partial charge on any atom is 0.414 e. The van der Waals surface area contributed by atoms with Crippen LogP contribution in [0.2, 0.25) is 0 Å². The van der Waals surface area contributed by atoms with E-state index in [-0.39, 0.29) is 0 Å². The molecule has 1 heterocycles. The van der Waals surface area contributed by atoms with Crippen molar-refractivity contribution in [1.29, 1.82) is 0 Å². The zero-order chi connectivity index (χ0) is 29.3. The summed E-state index contributed by atoms with van der Waals surface area (Å²) in [4.78, 5) is 60.6. The Balaban J connectivity index is 2.40. The van der Waals surface area contributed by atoms with Crippen molar-refractivity contribution in [2.45, 2.75) is 62.1 Å². The molecule has 0 spiro atoms. The third kappa shape index (κ3) is 11.3. The van der Waals surface area contributed by atoms with Crippen LogP contribution in [-0.4, -0.2) is 77.7 Å². The second-order valence-corrected chi connectivity index (χ2v) is 10.8. The molecule has 0 saturated carbocycles. The van der Waals surface area contributed by atoms with E-state index in [4.69, 9.17) is 63.2 Å². The van der Waals surface area contributed by atoms with E-state index >= 15 is 0 Å². The standard InChI is InChI=1S/C23H27Cl3N2O11/c1-11-5-7-15(8-6-11)27-22(33)39-20-17(28-21(32)35-10-23(24,25)26)19(37-14(4)31)18(36-13(3)30)16(38-20)9-34-12(2)29/h5-8,16-20H,9-10H2,1-4H3,(H,27,33)(H,28,32)/t16-,17-,18-,19-,20+/m1/s1. The molecule has 0 unspecified atom stereocenters. The van der Waals surface area contributed by atoms with Crippen molar-refractivity contribution in [3.05, 3.63) is 29.8 Å². The normalized spacial score (nSPS) is 22.6. The largest absolute Gasteiger partial charge is 0.463 e. The van der Waals surface area contributed by atoms with E-state index in [1.165, 1.54) is 0 Å². The summed E-state index contributed by atoms with van der Waals surface area (Å²) in [5, 5.41) is 4.80. The number of anilines is 1. The predicted octanol–water partition coefficient (Wildman–Crippen LogP) is 3.16. The average Bonchev–Trinajstić information content (AvgIpc) is 2.80. The van der Waals surface area contributed by atoms with Gasteiger partial charge in [0.1, 0.15) is 25.4 Å². The number of alkyl carbamates (subject to hydrolysis) is 1. The fourth-order valence-electron chi connectivity index (χ4n) is 3.37. The molecule has 1 aromatic carbocycles. The molecule has 1 aliphatic rings. The molecule has 1 fully saturated rings. The molecule has 1 saturated heterocycles. The fraction of sp³-hybridized carbons (Fsp3) is 0.522. The van der Waals surface area contributed by atoms with E-state index in [2.05, 4.69) is 10.6 Å². The molecule has 2 N–H and O–H groups in total. The van der Waals surface area contributed by atoms with Gasteiger partial charge in [-0.3, -0.25) is 19.7 Å². The third-order valence-corrected chi connectivity index (χ3v) is 5.20. The summed E-state index contributed by atoms with van der Waals surface area (Å²) >= 11 is 16.9. The van der Waals surface area contributed by atoms with Gasteiger partial charge in [0, 0.05) is 26.5 Å². The molecule has 2 amide bonds. The van der Waals surface area contributed by atoms with Crippen molar-refractivity contribution in [2.75, 3.05) is 18.5 Å². The number of hydrogen-bond donors (Lipinski definition) is 2. The van der Waals surface area contributed by atoms with Crippen molar-refractivity contribution < 1.29 is 52.4 Å². The minimum absolute atomic E-state index is 0.374. The van der Waals surface area contributed by atoms with Crippen LogP contribution in [0.25, 0.3) is 0 Å². The number of ether oxygens (including phenoxy) is 6. The van der Waals surface area contributed by atoms with Gasteiger partial charge in [0.25, 0.3) is 0 Å². The van der Waals surface area contributed by atoms with Gasteiger partial charge in [0.2, 0.25) is 10.1 Å². The second kappa shape index (κ2) is 14.4. The minimum atomic E-state index is -1.95. The van der Waals surface area contributed by atoms with Gasteiger partial charge in [-0.25, -0.2) is 9.59 Å². The highest BCUT2D eigenvalue weighted by Gasteiger charge is 2.53. The van der Waals surface area contributed by atoms with Crippen LogP contribution in [-0.2, 0) is 42.8 Å². The Bertz CT molecular complexity index is 1050. The van der Waals surface area contributed by atoms with Crippen molar-refractivity contribution >= 4 is 70.6 Å². The SMILES string of the molecule is CC(=O)OC[C@H]1O[C@@H](OC(=O)Nc2ccc(C)cc2)[C@H](NC(=O)OCC(Cl)(Cl)Cl)[C@@H](OC(C)=O)[C@@H]1OC(C)=O. The summed E-state index contributed by atoms with van der Waals surface area (Å²) in [7, 11) is 0. The fourth-order valence-corrected chi connectivity index (χ4v) is 3.54. The van der Waals surface area contributed by atoms with E-state index < -0.39 is 77.7 Å². The van der Waals surface area contributed by atoms with E-state index in [0.717, 1.165) is 26.3 Å². The number of carbonyl (C=O) groups excluding carboxylic acids is 5. The van der Waals surface area contributed by atoms with E-state index in [1.54, 1.807) is 24.3 Å². The molecule has 16 heteroatoms. The van der Waals surface area contributed by atoms with Crippen LogP contribution >= 0.6 is 34.8 Å². The average molecular weight is 614 g/mol. The summed E-state index contributed by atoms with van der Waals surface area (Å²) in [5.41, 5.74) is 1.31. The van der Waals surface area contributed by atoms with Crippen LogP contribution in [0.1, 0.15) is 26.3 Å². The molecule has 2 rings (SSSR count). The molecule has 0 aliphatic carbocycles. The number of rotatable bonds is 8. The quantitative estimate of drug-likeness (QED) is 0.251. The molecule has 5 atom stereocenters. The van der Waals surface area contributed by atoms with Crippen LogP contribution in [0.3, 0.4) is 0 Å².